The van der Waals surface area contributed by atoms with Crippen molar-refractivity contribution in [1.82, 2.24) is 20.5 Å². The van der Waals surface area contributed by atoms with Crippen LogP contribution in [0.1, 0.15) is 21.1 Å². The first kappa shape index (κ1) is 18.9. The van der Waals surface area contributed by atoms with E-state index in [1.807, 2.05) is 61.5 Å². The fourth-order valence-corrected chi connectivity index (χ4v) is 3.99. The summed E-state index contributed by atoms with van der Waals surface area (Å²) in [4.78, 5) is 18.2. The van der Waals surface area contributed by atoms with Gasteiger partial charge in [-0.2, -0.15) is 5.10 Å². The Hall–Kier alpha value is -3.45. The summed E-state index contributed by atoms with van der Waals surface area (Å²) < 4.78 is 5.37. The molecule has 0 saturated carbocycles. The summed E-state index contributed by atoms with van der Waals surface area (Å²) >= 11 is 1.59. The monoisotopic (exact) mass is 404 g/mol. The number of nitrogens with one attached hydrogen (secondary N) is 2. The number of nitrogens with zero attached hydrogens (tertiary/aromatic N) is 2. The highest BCUT2D eigenvalue weighted by atomic mass is 32.1. The molecule has 7 heteroatoms. The molecule has 6 nitrogen and oxygen atoms in total. The van der Waals surface area contributed by atoms with E-state index in [9.17, 15) is 4.79 Å². The van der Waals surface area contributed by atoms with Gasteiger partial charge >= 0.3 is 0 Å². The SMILES string of the molecule is COc1ccccc1-c1cc(C(=O)NCc2sc(-c3ccccc3)nc2C)[nH]n1. The lowest BCUT2D eigenvalue weighted by molar-refractivity contribution is 0.0946. The van der Waals surface area contributed by atoms with Gasteiger partial charge in [0.05, 0.1) is 25.0 Å². The van der Waals surface area contributed by atoms with Gasteiger partial charge in [-0.3, -0.25) is 9.89 Å². The number of para-hydroxylation sites is 1. The lowest BCUT2D eigenvalue weighted by Gasteiger charge is -2.04. The van der Waals surface area contributed by atoms with Crippen molar-refractivity contribution >= 4 is 17.2 Å². The van der Waals surface area contributed by atoms with Crippen LogP contribution in [0.3, 0.4) is 0 Å². The number of H-pyrrole nitrogens is 1. The van der Waals surface area contributed by atoms with Crippen LogP contribution in [0.25, 0.3) is 21.8 Å². The number of aryl methyl sites for hydroxylation is 1. The zero-order chi connectivity index (χ0) is 20.2. The average Bonchev–Trinajstić information content (AvgIpc) is 3.40. The van der Waals surface area contributed by atoms with Gasteiger partial charge in [-0.15, -0.1) is 11.3 Å². The highest BCUT2D eigenvalue weighted by Crippen LogP contribution is 2.29. The van der Waals surface area contributed by atoms with E-state index in [4.69, 9.17) is 4.74 Å². The number of methoxy groups -OCH3 is 1. The summed E-state index contributed by atoms with van der Waals surface area (Å²) in [5, 5.41) is 11.0. The van der Waals surface area contributed by atoms with Gasteiger partial charge in [-0.1, -0.05) is 42.5 Å². The fourth-order valence-electron chi connectivity index (χ4n) is 2.98. The van der Waals surface area contributed by atoms with Gasteiger partial charge in [0, 0.05) is 16.0 Å². The van der Waals surface area contributed by atoms with Gasteiger partial charge in [-0.25, -0.2) is 4.98 Å². The Morgan fingerprint density at radius 2 is 1.90 bits per heavy atom. The summed E-state index contributed by atoms with van der Waals surface area (Å²) in [5.74, 6) is 0.493. The lowest BCUT2D eigenvalue weighted by Crippen LogP contribution is -2.23. The minimum atomic E-state index is -0.215. The lowest BCUT2D eigenvalue weighted by atomic mass is 10.1. The van der Waals surface area contributed by atoms with Gasteiger partial charge < -0.3 is 10.1 Å². The minimum Gasteiger partial charge on any atom is -0.496 e. The van der Waals surface area contributed by atoms with Crippen LogP contribution >= 0.6 is 11.3 Å². The van der Waals surface area contributed by atoms with Crippen LogP contribution in [0.15, 0.2) is 60.7 Å². The van der Waals surface area contributed by atoms with Crippen LogP contribution in [0, 0.1) is 6.92 Å². The van der Waals surface area contributed by atoms with Crippen molar-refractivity contribution in [1.29, 1.82) is 0 Å². The zero-order valence-electron chi connectivity index (χ0n) is 16.1. The van der Waals surface area contributed by atoms with E-state index in [1.165, 1.54) is 0 Å². The van der Waals surface area contributed by atoms with Gasteiger partial charge in [0.2, 0.25) is 0 Å². The Morgan fingerprint density at radius 1 is 1.14 bits per heavy atom. The number of rotatable bonds is 6. The van der Waals surface area contributed by atoms with E-state index < -0.39 is 0 Å². The van der Waals surface area contributed by atoms with Gasteiger partial charge in [0.1, 0.15) is 16.5 Å². The molecule has 2 N–H and O–H groups in total. The molecule has 4 rings (SSSR count). The molecule has 146 valence electrons. The molecule has 2 aromatic heterocycles. The molecule has 2 heterocycles. The van der Waals surface area contributed by atoms with Crippen molar-refractivity contribution in [2.24, 2.45) is 0 Å². The van der Waals surface area contributed by atoms with Gasteiger partial charge in [-0.05, 0) is 25.1 Å². The maximum atomic E-state index is 12.6. The Kier molecular flexibility index (Phi) is 5.39. The van der Waals surface area contributed by atoms with E-state index >= 15 is 0 Å². The number of aromatic amines is 1. The molecule has 0 unspecified atom stereocenters. The van der Waals surface area contributed by atoms with Crippen molar-refractivity contribution in [3.63, 3.8) is 0 Å². The number of benzene rings is 2. The number of thiazole rings is 1. The standard InChI is InChI=1S/C22H20N4O2S/c1-14-20(29-22(24-14)15-8-4-3-5-9-15)13-23-21(27)18-12-17(25-26-18)16-10-6-7-11-19(16)28-2/h3-12H,13H2,1-2H3,(H,23,27)(H,25,26). The fraction of sp³-hybridized carbons (Fsp3) is 0.136. The van der Waals surface area contributed by atoms with Crippen molar-refractivity contribution in [3.05, 3.63) is 76.9 Å². The van der Waals surface area contributed by atoms with Crippen LogP contribution < -0.4 is 10.1 Å². The predicted octanol–water partition coefficient (Wildman–Crippen LogP) is 4.45. The zero-order valence-corrected chi connectivity index (χ0v) is 16.9. The van der Waals surface area contributed by atoms with Crippen LogP contribution in [0.2, 0.25) is 0 Å². The first-order chi connectivity index (χ1) is 14.2. The van der Waals surface area contributed by atoms with Crippen molar-refractivity contribution in [2.45, 2.75) is 13.5 Å². The Balaban J connectivity index is 1.46. The molecule has 0 atom stereocenters. The third-order valence-corrected chi connectivity index (χ3v) is 5.73. The van der Waals surface area contributed by atoms with Crippen LogP contribution in [-0.4, -0.2) is 28.2 Å². The Bertz CT molecular complexity index is 1130. The average molecular weight is 404 g/mol. The van der Waals surface area contributed by atoms with Gasteiger partial charge in [0.25, 0.3) is 5.91 Å². The number of hydrogen-bond acceptors (Lipinski definition) is 5. The predicted molar refractivity (Wildman–Crippen MR) is 114 cm³/mol. The molecule has 0 saturated heterocycles. The van der Waals surface area contributed by atoms with Crippen LogP contribution in [0.5, 0.6) is 5.75 Å². The molecule has 0 bridgehead atoms. The molecule has 0 spiro atoms. The minimum absolute atomic E-state index is 0.215. The first-order valence-electron chi connectivity index (χ1n) is 9.14. The van der Waals surface area contributed by atoms with Crippen LogP contribution in [-0.2, 0) is 6.54 Å². The molecule has 0 radical (unpaired) electrons. The maximum absolute atomic E-state index is 12.6. The summed E-state index contributed by atoms with van der Waals surface area (Å²) in [6.07, 6.45) is 0. The Morgan fingerprint density at radius 3 is 2.69 bits per heavy atom. The maximum Gasteiger partial charge on any atom is 0.269 e. The molecule has 0 aliphatic carbocycles. The largest absolute Gasteiger partial charge is 0.496 e. The number of amides is 1. The smallest absolute Gasteiger partial charge is 0.269 e. The van der Waals surface area contributed by atoms with Gasteiger partial charge in [0.15, 0.2) is 0 Å². The first-order valence-corrected chi connectivity index (χ1v) is 9.96. The van der Waals surface area contributed by atoms with Crippen molar-refractivity contribution in [2.75, 3.05) is 7.11 Å². The third kappa shape index (κ3) is 4.05. The van der Waals surface area contributed by atoms with Crippen LogP contribution in [0.4, 0.5) is 0 Å². The molecule has 29 heavy (non-hydrogen) atoms. The number of aromatic nitrogens is 3. The highest BCUT2D eigenvalue weighted by Gasteiger charge is 2.15. The molecule has 4 aromatic rings. The van der Waals surface area contributed by atoms with E-state index in [0.29, 0.717) is 23.7 Å². The molecule has 0 aliphatic heterocycles. The number of carbonyl (C=O) groups is 1. The van der Waals surface area contributed by atoms with Crippen molar-refractivity contribution < 1.29 is 9.53 Å². The summed E-state index contributed by atoms with van der Waals surface area (Å²) in [6.45, 7) is 2.37. The summed E-state index contributed by atoms with van der Waals surface area (Å²) in [5.41, 5.74) is 3.89. The second-order valence-electron chi connectivity index (χ2n) is 6.44. The molecular weight excluding hydrogens is 384 g/mol. The van der Waals surface area contributed by atoms with E-state index in [2.05, 4.69) is 20.5 Å². The molecule has 0 fully saturated rings. The van der Waals surface area contributed by atoms with E-state index in [-0.39, 0.29) is 5.91 Å². The topological polar surface area (TPSA) is 79.9 Å². The molecule has 0 aliphatic rings. The van der Waals surface area contributed by atoms with E-state index in [1.54, 1.807) is 24.5 Å². The molecule has 2 aromatic carbocycles. The second-order valence-corrected chi connectivity index (χ2v) is 7.53. The van der Waals surface area contributed by atoms with E-state index in [0.717, 1.165) is 26.7 Å². The second kappa shape index (κ2) is 8.28. The number of hydrogen-bond donors (Lipinski definition) is 2. The summed E-state index contributed by atoms with van der Waals surface area (Å²) in [6, 6.07) is 19.3. The number of carbonyl (C=O) groups excluding carboxylic acids is 1. The molecular formula is C22H20N4O2S. The summed E-state index contributed by atoms with van der Waals surface area (Å²) in [7, 11) is 1.61. The normalized spacial score (nSPS) is 10.7. The third-order valence-electron chi connectivity index (χ3n) is 4.53. The quantitative estimate of drug-likeness (QED) is 0.498. The highest BCUT2D eigenvalue weighted by molar-refractivity contribution is 7.15. The Labute approximate surface area is 172 Å². The van der Waals surface area contributed by atoms with Crippen molar-refractivity contribution in [3.8, 4) is 27.6 Å². The molecule has 1 amide bonds. The number of ether oxygens (including phenoxy) is 1.